The van der Waals surface area contributed by atoms with E-state index in [1.165, 1.54) is 28.7 Å². The standard InChI is InChI=1S/C22H27N5/c1-14-10-15(2)20(16(3)11-14)21-18-7-8-23-12-19(18)22(26-25-21)24-17-6-5-9-27(4)13-17/h7-8,10-12,17H,5-6,9,13H2,1-4H3,(H,24,26)/t17-/m1/s1. The van der Waals surface area contributed by atoms with Crippen LogP contribution < -0.4 is 5.32 Å². The summed E-state index contributed by atoms with van der Waals surface area (Å²) in [5, 5.41) is 15.0. The molecule has 0 saturated carbocycles. The molecular weight excluding hydrogens is 334 g/mol. The molecule has 4 rings (SSSR count). The molecule has 1 fully saturated rings. The molecule has 3 heterocycles. The summed E-state index contributed by atoms with van der Waals surface area (Å²) >= 11 is 0. The lowest BCUT2D eigenvalue weighted by Crippen LogP contribution is -2.40. The maximum absolute atomic E-state index is 4.66. The molecule has 0 amide bonds. The van der Waals surface area contributed by atoms with Crippen molar-refractivity contribution in [3.8, 4) is 11.3 Å². The van der Waals surface area contributed by atoms with Crippen LogP contribution in [0.15, 0.2) is 30.6 Å². The molecule has 1 saturated heterocycles. The van der Waals surface area contributed by atoms with E-state index in [-0.39, 0.29) is 0 Å². The Morgan fingerprint density at radius 2 is 1.85 bits per heavy atom. The minimum atomic E-state index is 0.398. The number of nitrogens with zero attached hydrogens (tertiary/aromatic N) is 4. The molecule has 0 bridgehead atoms. The number of fused-ring (bicyclic) bond motifs is 1. The van der Waals surface area contributed by atoms with E-state index in [4.69, 9.17) is 0 Å². The Kier molecular flexibility index (Phi) is 4.79. The molecule has 1 aliphatic heterocycles. The number of aromatic nitrogens is 3. The van der Waals surface area contributed by atoms with Gasteiger partial charge in [0.15, 0.2) is 5.82 Å². The maximum Gasteiger partial charge on any atom is 0.158 e. The Hall–Kier alpha value is -2.53. The molecule has 2 aromatic heterocycles. The number of rotatable bonds is 3. The number of pyridine rings is 1. The lowest BCUT2D eigenvalue weighted by molar-refractivity contribution is 0.261. The van der Waals surface area contributed by atoms with Crippen LogP contribution in [0, 0.1) is 20.8 Å². The number of likely N-dealkylation sites (N-methyl/N-ethyl adjacent to an activating group) is 1. The van der Waals surface area contributed by atoms with Gasteiger partial charge in [-0.3, -0.25) is 4.98 Å². The molecule has 1 aliphatic rings. The first-order valence-corrected chi connectivity index (χ1v) is 9.66. The summed E-state index contributed by atoms with van der Waals surface area (Å²) < 4.78 is 0. The van der Waals surface area contributed by atoms with Gasteiger partial charge in [-0.1, -0.05) is 17.7 Å². The zero-order chi connectivity index (χ0) is 19.0. The van der Waals surface area contributed by atoms with Gasteiger partial charge in [0, 0.05) is 41.3 Å². The topological polar surface area (TPSA) is 53.9 Å². The van der Waals surface area contributed by atoms with Crippen LogP contribution in [0.4, 0.5) is 5.82 Å². The van der Waals surface area contributed by atoms with Crippen LogP contribution in [-0.4, -0.2) is 46.3 Å². The largest absolute Gasteiger partial charge is 0.364 e. The molecule has 1 N–H and O–H groups in total. The molecule has 5 nitrogen and oxygen atoms in total. The molecule has 140 valence electrons. The van der Waals surface area contributed by atoms with Gasteiger partial charge in [0.25, 0.3) is 0 Å². The van der Waals surface area contributed by atoms with Crippen molar-refractivity contribution in [2.45, 2.75) is 39.7 Å². The van der Waals surface area contributed by atoms with Gasteiger partial charge in [0.2, 0.25) is 0 Å². The first-order chi connectivity index (χ1) is 13.0. The second kappa shape index (κ2) is 7.24. The Morgan fingerprint density at radius 3 is 2.59 bits per heavy atom. The van der Waals surface area contributed by atoms with E-state index in [0.29, 0.717) is 6.04 Å². The van der Waals surface area contributed by atoms with Crippen LogP contribution in [0.5, 0.6) is 0 Å². The minimum absolute atomic E-state index is 0.398. The fourth-order valence-electron chi connectivity index (χ4n) is 4.32. The number of anilines is 1. The van der Waals surface area contributed by atoms with Crippen molar-refractivity contribution in [1.29, 1.82) is 0 Å². The first kappa shape index (κ1) is 17.9. The van der Waals surface area contributed by atoms with E-state index < -0.39 is 0 Å². The fourth-order valence-corrected chi connectivity index (χ4v) is 4.32. The second-order valence-electron chi connectivity index (χ2n) is 7.84. The third kappa shape index (κ3) is 3.52. The predicted molar refractivity (Wildman–Crippen MR) is 111 cm³/mol. The van der Waals surface area contributed by atoms with Crippen molar-refractivity contribution >= 4 is 16.6 Å². The molecule has 27 heavy (non-hydrogen) atoms. The van der Waals surface area contributed by atoms with Crippen molar-refractivity contribution < 1.29 is 0 Å². The summed E-state index contributed by atoms with van der Waals surface area (Å²) in [5.41, 5.74) is 5.85. The van der Waals surface area contributed by atoms with E-state index in [0.717, 1.165) is 41.8 Å². The summed E-state index contributed by atoms with van der Waals surface area (Å²) in [6.45, 7) is 8.62. The summed E-state index contributed by atoms with van der Waals surface area (Å²) in [5.74, 6) is 0.838. The summed E-state index contributed by atoms with van der Waals surface area (Å²) in [6.07, 6.45) is 6.11. The first-order valence-electron chi connectivity index (χ1n) is 9.66. The van der Waals surface area contributed by atoms with Crippen molar-refractivity contribution in [1.82, 2.24) is 20.1 Å². The molecular formula is C22H27N5. The van der Waals surface area contributed by atoms with Crippen LogP contribution in [-0.2, 0) is 0 Å². The van der Waals surface area contributed by atoms with Gasteiger partial charge < -0.3 is 10.2 Å². The van der Waals surface area contributed by atoms with Crippen molar-refractivity contribution in [3.05, 3.63) is 47.3 Å². The normalized spacial score (nSPS) is 18.0. The van der Waals surface area contributed by atoms with Gasteiger partial charge in [0.1, 0.15) is 5.69 Å². The Labute approximate surface area is 160 Å². The number of piperidine rings is 1. The molecule has 1 aromatic carbocycles. The van der Waals surface area contributed by atoms with Gasteiger partial charge in [-0.2, -0.15) is 0 Å². The Morgan fingerprint density at radius 1 is 1.07 bits per heavy atom. The average molecular weight is 361 g/mol. The lowest BCUT2D eigenvalue weighted by Gasteiger charge is -2.30. The Bertz CT molecular complexity index is 959. The van der Waals surface area contributed by atoms with Gasteiger partial charge in [-0.15, -0.1) is 10.2 Å². The number of hydrogen-bond acceptors (Lipinski definition) is 5. The molecule has 0 unspecified atom stereocenters. The zero-order valence-electron chi connectivity index (χ0n) is 16.6. The predicted octanol–water partition coefficient (Wildman–Crippen LogP) is 4.12. The molecule has 0 spiro atoms. The average Bonchev–Trinajstić information content (AvgIpc) is 2.62. The van der Waals surface area contributed by atoms with Crippen LogP contribution in [0.2, 0.25) is 0 Å². The van der Waals surface area contributed by atoms with Crippen LogP contribution in [0.3, 0.4) is 0 Å². The highest BCUT2D eigenvalue weighted by Crippen LogP contribution is 2.34. The van der Waals surface area contributed by atoms with Crippen LogP contribution in [0.1, 0.15) is 29.5 Å². The van der Waals surface area contributed by atoms with Crippen molar-refractivity contribution in [2.24, 2.45) is 0 Å². The smallest absolute Gasteiger partial charge is 0.158 e. The molecule has 0 radical (unpaired) electrons. The highest BCUT2D eigenvalue weighted by atomic mass is 15.2. The van der Waals surface area contributed by atoms with E-state index in [1.54, 1.807) is 0 Å². The second-order valence-corrected chi connectivity index (χ2v) is 7.84. The van der Waals surface area contributed by atoms with E-state index in [2.05, 4.69) is 71.4 Å². The molecule has 0 aliphatic carbocycles. The lowest BCUT2D eigenvalue weighted by atomic mass is 9.95. The minimum Gasteiger partial charge on any atom is -0.364 e. The zero-order valence-corrected chi connectivity index (χ0v) is 16.6. The highest BCUT2D eigenvalue weighted by Gasteiger charge is 2.20. The van der Waals surface area contributed by atoms with E-state index in [1.807, 2.05) is 12.4 Å². The number of aryl methyl sites for hydroxylation is 3. The summed E-state index contributed by atoms with van der Waals surface area (Å²) in [4.78, 5) is 6.72. The number of benzene rings is 1. The van der Waals surface area contributed by atoms with Crippen LogP contribution in [0.25, 0.3) is 22.0 Å². The van der Waals surface area contributed by atoms with Gasteiger partial charge in [-0.25, -0.2) is 0 Å². The SMILES string of the molecule is Cc1cc(C)c(-c2nnc(N[C@@H]3CCCN(C)C3)c3cnccc23)c(C)c1. The molecule has 3 aromatic rings. The summed E-state index contributed by atoms with van der Waals surface area (Å²) in [6, 6.07) is 6.87. The number of nitrogens with one attached hydrogen (secondary N) is 1. The molecule has 1 atom stereocenters. The van der Waals surface area contributed by atoms with E-state index in [9.17, 15) is 0 Å². The molecule has 5 heteroatoms. The quantitative estimate of drug-likeness (QED) is 0.760. The summed E-state index contributed by atoms with van der Waals surface area (Å²) in [7, 11) is 2.17. The van der Waals surface area contributed by atoms with Crippen molar-refractivity contribution in [2.75, 3.05) is 25.5 Å². The van der Waals surface area contributed by atoms with Crippen LogP contribution >= 0.6 is 0 Å². The van der Waals surface area contributed by atoms with Gasteiger partial charge in [-0.05, 0) is 64.4 Å². The fraction of sp³-hybridized carbons (Fsp3) is 0.409. The number of hydrogen-bond donors (Lipinski definition) is 1. The van der Waals surface area contributed by atoms with Gasteiger partial charge in [0.05, 0.1) is 0 Å². The van der Waals surface area contributed by atoms with E-state index >= 15 is 0 Å². The van der Waals surface area contributed by atoms with Gasteiger partial charge >= 0.3 is 0 Å². The third-order valence-corrected chi connectivity index (χ3v) is 5.46. The Balaban J connectivity index is 1.79. The number of likely N-dealkylation sites (tertiary alicyclic amines) is 1. The third-order valence-electron chi connectivity index (χ3n) is 5.46. The monoisotopic (exact) mass is 361 g/mol. The van der Waals surface area contributed by atoms with Crippen molar-refractivity contribution in [3.63, 3.8) is 0 Å². The maximum atomic E-state index is 4.66. The highest BCUT2D eigenvalue weighted by molar-refractivity contribution is 6.00.